The van der Waals surface area contributed by atoms with Gasteiger partial charge in [0.25, 0.3) is 0 Å². The van der Waals surface area contributed by atoms with Crippen LogP contribution in [0.25, 0.3) is 103 Å². The number of rotatable bonds is 3. The van der Waals surface area contributed by atoms with Crippen molar-refractivity contribution < 1.29 is 4.42 Å². The average molecular weight is 644 g/mol. The van der Waals surface area contributed by atoms with Gasteiger partial charge in [-0.3, -0.25) is 0 Å². The lowest BCUT2D eigenvalue weighted by atomic mass is 10.0. The van der Waals surface area contributed by atoms with Gasteiger partial charge < -0.3 is 8.98 Å². The largest absolute Gasteiger partial charge is 0.455 e. The normalized spacial score (nSPS) is 12.1. The van der Waals surface area contributed by atoms with Gasteiger partial charge in [0.2, 0.25) is 0 Å². The number of nitrogens with zero attached hydrogens (tertiary/aromatic N) is 3. The summed E-state index contributed by atoms with van der Waals surface area (Å²) in [5, 5.41) is 8.18. The van der Waals surface area contributed by atoms with Crippen molar-refractivity contribution in [2.45, 2.75) is 0 Å². The van der Waals surface area contributed by atoms with Gasteiger partial charge in [-0.15, -0.1) is 11.3 Å². The molecule has 0 aliphatic carbocycles. The number of benzene rings is 7. The van der Waals surface area contributed by atoms with Crippen molar-refractivity contribution in [1.82, 2.24) is 14.5 Å². The SMILES string of the molecule is c1ccc(-n2c3ccccc3c3c4sc5c(-c6nc(-c7cccc8c7oc7ccccc78)c7ccccc7n6)cccc5c4ccc32)cc1. The average Bonchev–Trinajstić information content (AvgIpc) is 3.84. The van der Waals surface area contributed by atoms with Crippen LogP contribution in [0.15, 0.2) is 156 Å². The van der Waals surface area contributed by atoms with Gasteiger partial charge in [-0.2, -0.15) is 0 Å². The van der Waals surface area contributed by atoms with E-state index in [1.54, 1.807) is 0 Å². The molecule has 49 heavy (non-hydrogen) atoms. The lowest BCUT2D eigenvalue weighted by molar-refractivity contribution is 0.670. The molecule has 0 spiro atoms. The van der Waals surface area contributed by atoms with Crippen LogP contribution in [0, 0.1) is 0 Å². The number of hydrogen-bond acceptors (Lipinski definition) is 4. The van der Waals surface area contributed by atoms with Crippen LogP contribution in [0.3, 0.4) is 0 Å². The molecule has 0 saturated carbocycles. The van der Waals surface area contributed by atoms with Crippen LogP contribution in [0.5, 0.6) is 0 Å². The summed E-state index contributed by atoms with van der Waals surface area (Å²) in [4.78, 5) is 10.6. The predicted molar refractivity (Wildman–Crippen MR) is 205 cm³/mol. The van der Waals surface area contributed by atoms with Gasteiger partial charge in [-0.1, -0.05) is 103 Å². The number of hydrogen-bond donors (Lipinski definition) is 0. The molecule has 0 saturated heterocycles. The Kier molecular flexibility index (Phi) is 5.51. The van der Waals surface area contributed by atoms with E-state index in [0.29, 0.717) is 5.82 Å². The van der Waals surface area contributed by atoms with E-state index >= 15 is 0 Å². The second kappa shape index (κ2) is 10.1. The van der Waals surface area contributed by atoms with E-state index < -0.39 is 0 Å². The second-order valence-electron chi connectivity index (χ2n) is 12.5. The lowest BCUT2D eigenvalue weighted by Gasteiger charge is -2.10. The van der Waals surface area contributed by atoms with Gasteiger partial charge in [0.1, 0.15) is 11.2 Å². The number of thiophene rings is 1. The van der Waals surface area contributed by atoms with Crippen molar-refractivity contribution in [3.05, 3.63) is 152 Å². The Balaban J connectivity index is 1.20. The Bertz CT molecular complexity index is 3110. The highest BCUT2D eigenvalue weighted by Gasteiger charge is 2.21. The number of aromatic nitrogens is 3. The van der Waals surface area contributed by atoms with Gasteiger partial charge in [0, 0.05) is 63.9 Å². The minimum atomic E-state index is 0.710. The van der Waals surface area contributed by atoms with E-state index in [2.05, 4.69) is 138 Å². The predicted octanol–water partition coefficient (Wildman–Crippen LogP) is 12.3. The number of furan rings is 1. The van der Waals surface area contributed by atoms with Gasteiger partial charge >= 0.3 is 0 Å². The molecule has 0 fully saturated rings. The van der Waals surface area contributed by atoms with E-state index in [1.165, 1.54) is 42.0 Å². The molecule has 0 bridgehead atoms. The van der Waals surface area contributed by atoms with Gasteiger partial charge in [0.15, 0.2) is 5.82 Å². The fourth-order valence-corrected chi connectivity index (χ4v) is 9.04. The molecule has 0 radical (unpaired) electrons. The topological polar surface area (TPSA) is 43.9 Å². The van der Waals surface area contributed by atoms with E-state index in [-0.39, 0.29) is 0 Å². The maximum absolute atomic E-state index is 6.49. The summed E-state index contributed by atoms with van der Waals surface area (Å²) < 4.78 is 11.3. The zero-order valence-corrected chi connectivity index (χ0v) is 26.9. The number of para-hydroxylation sites is 5. The maximum atomic E-state index is 6.49. The van der Waals surface area contributed by atoms with Crippen molar-refractivity contribution in [3.63, 3.8) is 0 Å². The van der Waals surface area contributed by atoms with Crippen LogP contribution in [-0.4, -0.2) is 14.5 Å². The van der Waals surface area contributed by atoms with Crippen LogP contribution in [0.2, 0.25) is 0 Å². The highest BCUT2D eigenvalue weighted by atomic mass is 32.1. The first kappa shape index (κ1) is 26.7. The lowest BCUT2D eigenvalue weighted by Crippen LogP contribution is -1.95. The molecule has 4 heterocycles. The zero-order chi connectivity index (χ0) is 32.1. The Morgan fingerprint density at radius 3 is 2.06 bits per heavy atom. The fourth-order valence-electron chi connectivity index (χ4n) is 7.68. The zero-order valence-electron chi connectivity index (χ0n) is 26.1. The Labute approximate surface area is 284 Å². The Hall–Kier alpha value is -6.30. The first-order valence-corrected chi connectivity index (χ1v) is 17.2. The van der Waals surface area contributed by atoms with Crippen molar-refractivity contribution in [2.75, 3.05) is 0 Å². The standard InChI is InChI=1S/C44H25N3OS/c1-2-12-26(13-3-1)47-36-22-8-5-16-32(36)39-37(47)25-24-30-29-18-11-20-34(42(29)49-43(30)39)44-45-35-21-7-4-15-31(35)40(46-44)33-19-10-17-28-27-14-6-9-23-38(27)48-41(28)33/h1-25H. The van der Waals surface area contributed by atoms with Crippen LogP contribution < -0.4 is 0 Å². The van der Waals surface area contributed by atoms with Gasteiger partial charge in [-0.05, 0) is 48.5 Å². The van der Waals surface area contributed by atoms with E-state index in [9.17, 15) is 0 Å². The molecular weight excluding hydrogens is 619 g/mol. The molecule has 0 aliphatic heterocycles. The summed E-state index contributed by atoms with van der Waals surface area (Å²) >= 11 is 1.84. The highest BCUT2D eigenvalue weighted by Crippen LogP contribution is 2.46. The molecule has 11 aromatic rings. The van der Waals surface area contributed by atoms with Crippen molar-refractivity contribution in [2.24, 2.45) is 0 Å². The fraction of sp³-hybridized carbons (Fsp3) is 0. The van der Waals surface area contributed by atoms with Gasteiger partial charge in [-0.25, -0.2) is 9.97 Å². The summed E-state index contributed by atoms with van der Waals surface area (Å²) in [6.45, 7) is 0. The molecule has 0 unspecified atom stereocenters. The molecule has 11 rings (SSSR count). The molecule has 4 aromatic heterocycles. The first-order valence-electron chi connectivity index (χ1n) is 16.4. The van der Waals surface area contributed by atoms with Crippen molar-refractivity contribution in [1.29, 1.82) is 0 Å². The second-order valence-corrected chi connectivity index (χ2v) is 13.5. The maximum Gasteiger partial charge on any atom is 0.161 e. The molecule has 0 N–H and O–H groups in total. The Morgan fingerprint density at radius 1 is 0.469 bits per heavy atom. The van der Waals surface area contributed by atoms with E-state index in [1.807, 2.05) is 29.5 Å². The Morgan fingerprint density at radius 2 is 1.16 bits per heavy atom. The third kappa shape index (κ3) is 3.79. The quantitative estimate of drug-likeness (QED) is 0.192. The minimum absolute atomic E-state index is 0.710. The molecule has 0 atom stereocenters. The van der Waals surface area contributed by atoms with Gasteiger partial charge in [0.05, 0.1) is 22.2 Å². The number of fused-ring (bicyclic) bond motifs is 11. The van der Waals surface area contributed by atoms with Crippen LogP contribution in [0.4, 0.5) is 0 Å². The van der Waals surface area contributed by atoms with E-state index in [0.717, 1.165) is 55.3 Å². The molecule has 228 valence electrons. The third-order valence-electron chi connectivity index (χ3n) is 9.82. The van der Waals surface area contributed by atoms with E-state index in [4.69, 9.17) is 14.4 Å². The first-order chi connectivity index (χ1) is 24.3. The molecule has 0 aliphatic rings. The van der Waals surface area contributed by atoms with Crippen molar-refractivity contribution >= 4 is 86.2 Å². The summed E-state index contributed by atoms with van der Waals surface area (Å²) in [5.41, 5.74) is 9.06. The molecule has 7 aromatic carbocycles. The van der Waals surface area contributed by atoms with Crippen molar-refractivity contribution in [3.8, 4) is 28.3 Å². The molecule has 4 nitrogen and oxygen atoms in total. The summed E-state index contributed by atoms with van der Waals surface area (Å²) in [7, 11) is 0. The highest BCUT2D eigenvalue weighted by molar-refractivity contribution is 7.27. The van der Waals surface area contributed by atoms with Crippen LogP contribution in [0.1, 0.15) is 0 Å². The third-order valence-corrected chi connectivity index (χ3v) is 11.1. The smallest absolute Gasteiger partial charge is 0.161 e. The molecule has 0 amide bonds. The molecule has 5 heteroatoms. The summed E-state index contributed by atoms with van der Waals surface area (Å²) in [6, 6.07) is 53.3. The minimum Gasteiger partial charge on any atom is -0.455 e. The summed E-state index contributed by atoms with van der Waals surface area (Å²) in [5.74, 6) is 0.710. The molecular formula is C44H25N3OS. The van der Waals surface area contributed by atoms with Crippen LogP contribution >= 0.6 is 11.3 Å². The van der Waals surface area contributed by atoms with Crippen LogP contribution in [-0.2, 0) is 0 Å². The summed E-state index contributed by atoms with van der Waals surface area (Å²) in [6.07, 6.45) is 0. The monoisotopic (exact) mass is 643 g/mol.